The predicted molar refractivity (Wildman–Crippen MR) is 182 cm³/mol. The second kappa shape index (κ2) is 22.1. The summed E-state index contributed by atoms with van der Waals surface area (Å²) in [6.45, 7) is 18.9. The van der Waals surface area contributed by atoms with E-state index in [4.69, 9.17) is 42.1 Å². The quantitative estimate of drug-likeness (QED) is 0.0926. The van der Waals surface area contributed by atoms with E-state index in [9.17, 15) is 9.59 Å². The number of ether oxygens (including phenoxy) is 4. The van der Waals surface area contributed by atoms with Crippen molar-refractivity contribution in [3.8, 4) is 11.5 Å². The molecule has 0 heterocycles. The van der Waals surface area contributed by atoms with Crippen LogP contribution in [0.2, 0.25) is 0 Å². The zero-order chi connectivity index (χ0) is 33.1. The highest BCUT2D eigenvalue weighted by molar-refractivity contribution is 6.30. The number of hydrogen-bond donors (Lipinski definition) is 0. The van der Waals surface area contributed by atoms with Crippen LogP contribution in [-0.2, 0) is 25.5 Å². The summed E-state index contributed by atoms with van der Waals surface area (Å²) < 4.78 is 22.8. The summed E-state index contributed by atoms with van der Waals surface area (Å²) in [5.41, 5.74) is 3.51. The second-order valence-corrected chi connectivity index (χ2v) is 11.6. The molecule has 0 fully saturated rings. The minimum atomic E-state index is -0.193. The highest BCUT2D eigenvalue weighted by Crippen LogP contribution is 2.34. The van der Waals surface area contributed by atoms with Crippen LogP contribution in [0.5, 0.6) is 11.5 Å². The number of carbonyl (C=O) groups is 2. The highest BCUT2D eigenvalue weighted by atomic mass is 35.5. The Balaban J connectivity index is 0.000000440. The second-order valence-electron chi connectivity index (χ2n) is 11.0. The third kappa shape index (κ3) is 13.2. The van der Waals surface area contributed by atoms with E-state index >= 15 is 0 Å². The van der Waals surface area contributed by atoms with Crippen molar-refractivity contribution in [1.82, 2.24) is 0 Å². The molecule has 0 bridgehead atoms. The molecule has 2 aromatic rings. The third-order valence-electron chi connectivity index (χ3n) is 6.17. The summed E-state index contributed by atoms with van der Waals surface area (Å²) in [7, 11) is 0. The summed E-state index contributed by atoms with van der Waals surface area (Å²) in [5, 5.41) is 0. The van der Waals surface area contributed by atoms with Crippen LogP contribution in [0.1, 0.15) is 66.0 Å². The molecule has 2 amide bonds. The number of nitrogens with zero attached hydrogens (tertiary/aromatic N) is 2. The summed E-state index contributed by atoms with van der Waals surface area (Å²) in [4.78, 5) is 27.6. The van der Waals surface area contributed by atoms with Gasteiger partial charge in [0.2, 0.25) is 11.8 Å². The maximum atomic E-state index is 12.2. The number of alkyl halides is 2. The Morgan fingerprint density at radius 3 is 1.73 bits per heavy atom. The van der Waals surface area contributed by atoms with Crippen molar-refractivity contribution in [2.24, 2.45) is 11.8 Å². The van der Waals surface area contributed by atoms with Gasteiger partial charge in [0.1, 0.15) is 36.7 Å². The molecule has 10 heteroatoms. The van der Waals surface area contributed by atoms with Crippen LogP contribution < -0.4 is 19.3 Å². The van der Waals surface area contributed by atoms with Gasteiger partial charge in [-0.1, -0.05) is 65.8 Å². The number of halogens is 2. The van der Waals surface area contributed by atoms with Crippen LogP contribution in [0.15, 0.2) is 36.4 Å². The third-order valence-corrected chi connectivity index (χ3v) is 6.63. The van der Waals surface area contributed by atoms with Gasteiger partial charge in [-0.15, -0.1) is 23.2 Å². The molecule has 0 aromatic heterocycles. The average Bonchev–Trinajstić information content (AvgIpc) is 3.01. The molecular formula is C34H52Cl2N2O6. The molecule has 0 saturated heterocycles. The minimum absolute atomic E-state index is 0.0885. The van der Waals surface area contributed by atoms with Gasteiger partial charge in [-0.25, -0.2) is 0 Å². The number of hydrogen-bond acceptors (Lipinski definition) is 6. The molecule has 0 unspecified atom stereocenters. The number of benzene rings is 2. The zero-order valence-electron chi connectivity index (χ0n) is 27.8. The van der Waals surface area contributed by atoms with E-state index in [1.54, 1.807) is 9.80 Å². The first-order valence-electron chi connectivity index (χ1n) is 15.4. The summed E-state index contributed by atoms with van der Waals surface area (Å²) in [5.74, 6) is 1.64. The summed E-state index contributed by atoms with van der Waals surface area (Å²) in [6, 6.07) is 11.6. The molecule has 0 spiro atoms. The van der Waals surface area contributed by atoms with Crippen LogP contribution in [0.25, 0.3) is 0 Å². The van der Waals surface area contributed by atoms with E-state index < -0.39 is 0 Å². The average molecular weight is 656 g/mol. The van der Waals surface area contributed by atoms with Gasteiger partial charge in [-0.05, 0) is 61.8 Å². The van der Waals surface area contributed by atoms with Crippen LogP contribution in [0, 0.1) is 18.8 Å². The predicted octanol–water partition coefficient (Wildman–Crippen LogP) is 7.84. The SMILES string of the molecule is CCCOCN(C(=O)CCl)c1c(C)cccc1OCC(C)C.CCOCN(C(=O)CCl)c1c(CC)cccc1OCC(C)C. The zero-order valence-corrected chi connectivity index (χ0v) is 29.3. The lowest BCUT2D eigenvalue weighted by Crippen LogP contribution is -2.35. The number of carbonyl (C=O) groups excluding carboxylic acids is 2. The fraction of sp³-hybridized carbons (Fsp3) is 0.588. The molecule has 0 N–H and O–H groups in total. The van der Waals surface area contributed by atoms with Gasteiger partial charge < -0.3 is 18.9 Å². The molecule has 248 valence electrons. The lowest BCUT2D eigenvalue weighted by Gasteiger charge is -2.26. The van der Waals surface area contributed by atoms with Gasteiger partial charge in [0.05, 0.1) is 24.6 Å². The van der Waals surface area contributed by atoms with Gasteiger partial charge in [-0.3, -0.25) is 19.4 Å². The normalized spacial score (nSPS) is 10.8. The maximum absolute atomic E-state index is 12.2. The topological polar surface area (TPSA) is 77.5 Å². The van der Waals surface area contributed by atoms with Crippen LogP contribution in [0.3, 0.4) is 0 Å². The molecule has 44 heavy (non-hydrogen) atoms. The molecule has 0 aliphatic heterocycles. The van der Waals surface area contributed by atoms with Crippen molar-refractivity contribution >= 4 is 46.4 Å². The molecule has 2 rings (SSSR count). The molecule has 0 aliphatic carbocycles. The first-order chi connectivity index (χ1) is 21.1. The van der Waals surface area contributed by atoms with E-state index in [0.717, 1.165) is 35.3 Å². The first-order valence-corrected chi connectivity index (χ1v) is 16.5. The van der Waals surface area contributed by atoms with Gasteiger partial charge >= 0.3 is 0 Å². The standard InChI is InChI=1S/2C17H26ClNO3/c1-5-9-21-12-19(16(20)10-18)17-14(4)7-6-8-15(17)22-11-13(2)3;1-5-14-8-7-9-15(22-11-13(3)4)17(14)19(12-21-6-2)16(20)10-18/h6-8,13H,5,9-12H2,1-4H3;7-9,13H,5-6,10-12H2,1-4H3. The molecule has 8 nitrogen and oxygen atoms in total. The van der Waals surface area contributed by atoms with Crippen molar-refractivity contribution < 1.29 is 28.5 Å². The number of anilines is 2. The van der Waals surface area contributed by atoms with Crippen molar-refractivity contribution in [2.75, 3.05) is 61.4 Å². The van der Waals surface area contributed by atoms with Crippen LogP contribution in [-0.4, -0.2) is 63.5 Å². The Morgan fingerprint density at radius 1 is 0.750 bits per heavy atom. The molecule has 0 aliphatic rings. The number of aryl methyl sites for hydroxylation is 2. The van der Waals surface area contributed by atoms with Crippen LogP contribution >= 0.6 is 23.2 Å². The van der Waals surface area contributed by atoms with E-state index in [-0.39, 0.29) is 37.0 Å². The number of rotatable bonds is 18. The van der Waals surface area contributed by atoms with E-state index in [1.807, 2.05) is 57.2 Å². The molecular weight excluding hydrogens is 603 g/mol. The maximum Gasteiger partial charge on any atom is 0.243 e. The van der Waals surface area contributed by atoms with Crippen molar-refractivity contribution in [3.63, 3.8) is 0 Å². The Kier molecular flexibility index (Phi) is 19.8. The molecule has 0 atom stereocenters. The largest absolute Gasteiger partial charge is 0.491 e. The molecule has 0 saturated carbocycles. The van der Waals surface area contributed by atoms with Gasteiger partial charge in [0.25, 0.3) is 0 Å². The molecule has 2 aromatic carbocycles. The first kappa shape index (κ1) is 39.5. The smallest absolute Gasteiger partial charge is 0.243 e. The number of amides is 2. The van der Waals surface area contributed by atoms with Crippen molar-refractivity contribution in [2.45, 2.75) is 68.2 Å². The van der Waals surface area contributed by atoms with Crippen molar-refractivity contribution in [3.05, 3.63) is 47.5 Å². The Bertz CT molecular complexity index is 1130. The van der Waals surface area contributed by atoms with E-state index in [2.05, 4.69) is 34.6 Å². The van der Waals surface area contributed by atoms with E-state index in [0.29, 0.717) is 49.8 Å². The summed E-state index contributed by atoms with van der Waals surface area (Å²) >= 11 is 11.5. The monoisotopic (exact) mass is 654 g/mol. The fourth-order valence-electron chi connectivity index (χ4n) is 4.03. The van der Waals surface area contributed by atoms with Gasteiger partial charge in [-0.2, -0.15) is 0 Å². The van der Waals surface area contributed by atoms with Gasteiger partial charge in [0, 0.05) is 13.2 Å². The Morgan fingerprint density at radius 2 is 1.25 bits per heavy atom. The van der Waals surface area contributed by atoms with Crippen molar-refractivity contribution in [1.29, 1.82) is 0 Å². The van der Waals surface area contributed by atoms with Crippen LogP contribution in [0.4, 0.5) is 11.4 Å². The molecule has 0 radical (unpaired) electrons. The summed E-state index contributed by atoms with van der Waals surface area (Å²) in [6.07, 6.45) is 1.69. The number of para-hydroxylation sites is 2. The lowest BCUT2D eigenvalue weighted by atomic mass is 10.1. The van der Waals surface area contributed by atoms with Gasteiger partial charge in [0.15, 0.2) is 0 Å². The fourth-order valence-corrected chi connectivity index (χ4v) is 4.32. The Labute approximate surface area is 274 Å². The van der Waals surface area contributed by atoms with E-state index in [1.165, 1.54) is 0 Å². The highest BCUT2D eigenvalue weighted by Gasteiger charge is 2.23. The lowest BCUT2D eigenvalue weighted by molar-refractivity contribution is -0.118. The Hall–Kier alpha value is -2.52. The minimum Gasteiger partial charge on any atom is -0.491 e.